The van der Waals surface area contributed by atoms with Crippen LogP contribution in [0.5, 0.6) is 0 Å². The quantitative estimate of drug-likeness (QED) is 0.121. The maximum absolute atomic E-state index is 14.1. The minimum absolute atomic E-state index is 0.0837. The number of aromatic nitrogens is 4. The number of carbonyl (C=O) groups excluding carboxylic acids is 2. The first-order chi connectivity index (χ1) is 26.1. The Morgan fingerprint density at radius 1 is 0.963 bits per heavy atom. The number of likely N-dealkylation sites (tertiary alicyclic amines) is 1. The van der Waals surface area contributed by atoms with Crippen LogP contribution in [0, 0.1) is 25.7 Å². The van der Waals surface area contributed by atoms with Crippen LogP contribution in [0.1, 0.15) is 60.6 Å². The van der Waals surface area contributed by atoms with E-state index in [1.165, 1.54) is 5.56 Å². The Labute approximate surface area is 315 Å². The van der Waals surface area contributed by atoms with E-state index < -0.39 is 11.9 Å². The molecule has 0 spiro atoms. The largest absolute Gasteiger partial charge is 0.457 e. The van der Waals surface area contributed by atoms with E-state index in [-0.39, 0.29) is 17.7 Å². The number of hydrogen-bond donors (Lipinski definition) is 2. The molecule has 1 aliphatic rings. The van der Waals surface area contributed by atoms with Gasteiger partial charge in [-0.15, -0.1) is 0 Å². The zero-order valence-electron chi connectivity index (χ0n) is 31.3. The number of amides is 1. The van der Waals surface area contributed by atoms with Crippen LogP contribution in [-0.4, -0.2) is 81.5 Å². The fraction of sp³-hybridized carbons (Fsp3) is 0.256. The molecule has 1 fully saturated rings. The normalized spacial score (nSPS) is 14.2. The number of nitrogens with one attached hydrogen (secondary N) is 2. The minimum Gasteiger partial charge on any atom is -0.457 e. The van der Waals surface area contributed by atoms with Crippen LogP contribution in [0.2, 0.25) is 0 Å². The number of H-pyrrole nitrogens is 1. The molecule has 2 N–H and O–H groups in total. The summed E-state index contributed by atoms with van der Waals surface area (Å²) in [7, 11) is 6.22. The van der Waals surface area contributed by atoms with Gasteiger partial charge < -0.3 is 19.9 Å². The van der Waals surface area contributed by atoms with E-state index >= 15 is 0 Å². The van der Waals surface area contributed by atoms with Crippen molar-refractivity contribution in [1.82, 2.24) is 29.4 Å². The number of nitrogens with zero attached hydrogens (tertiary/aromatic N) is 6. The molecule has 11 nitrogen and oxygen atoms in total. The maximum atomic E-state index is 14.1. The molecule has 6 aromatic rings. The van der Waals surface area contributed by atoms with Crippen LogP contribution in [0.3, 0.4) is 0 Å². The zero-order chi connectivity index (χ0) is 37.8. The molecular weight excluding hydrogens is 677 g/mol. The monoisotopic (exact) mass is 720 g/mol. The molecule has 3 aromatic carbocycles. The molecular formula is C43H44N8O3. The molecule has 11 heteroatoms. The van der Waals surface area contributed by atoms with Gasteiger partial charge in [0.05, 0.1) is 34.9 Å². The van der Waals surface area contributed by atoms with Gasteiger partial charge in [0.25, 0.3) is 5.91 Å². The molecule has 0 radical (unpaired) electrons. The van der Waals surface area contributed by atoms with Gasteiger partial charge in [-0.2, -0.15) is 5.10 Å². The maximum Gasteiger partial charge on any atom is 0.339 e. The number of hydrogen-bond acceptors (Lipinski definition) is 8. The Balaban J connectivity index is 1.16. The van der Waals surface area contributed by atoms with Gasteiger partial charge in [-0.3, -0.25) is 19.2 Å². The number of rotatable bonds is 10. The van der Waals surface area contributed by atoms with Crippen molar-refractivity contribution in [2.75, 3.05) is 44.4 Å². The van der Waals surface area contributed by atoms with Gasteiger partial charge >= 0.3 is 5.97 Å². The molecule has 0 aliphatic carbocycles. The van der Waals surface area contributed by atoms with Crippen LogP contribution in [0.25, 0.3) is 5.65 Å². The molecule has 1 aliphatic heterocycles. The minimum atomic E-state index is -0.587. The second-order valence-electron chi connectivity index (χ2n) is 14.0. The van der Waals surface area contributed by atoms with Gasteiger partial charge in [0, 0.05) is 56.4 Å². The van der Waals surface area contributed by atoms with Crippen molar-refractivity contribution in [3.63, 3.8) is 0 Å². The fourth-order valence-corrected chi connectivity index (χ4v) is 6.82. The lowest BCUT2D eigenvalue weighted by atomic mass is 9.98. The first kappa shape index (κ1) is 36.2. The van der Waals surface area contributed by atoms with Gasteiger partial charge in [-0.1, -0.05) is 42.3 Å². The summed E-state index contributed by atoms with van der Waals surface area (Å²) in [5.74, 6) is 5.49. The standard InChI is InChI=1S/C43H44N8O3/c1-29-20-34(15-13-33(29)26-50-19-17-36(27-50)48(3)4)47-42(52)38-22-32(30(2)21-39(38)43(53)54-28-31-10-7-6-8-11-31)14-16-35-23-44-41-40(12-9-18-51(35)41)49(5)37-24-45-46-25-37/h6-13,15,18,20-25,36H,17,19,26-28H2,1-5H3,(H,45,46)(H,47,52). The average molecular weight is 721 g/mol. The van der Waals surface area contributed by atoms with E-state index in [9.17, 15) is 9.59 Å². The predicted octanol–water partition coefficient (Wildman–Crippen LogP) is 6.59. The van der Waals surface area contributed by atoms with E-state index in [4.69, 9.17) is 4.74 Å². The zero-order valence-corrected chi connectivity index (χ0v) is 31.3. The third-order valence-electron chi connectivity index (χ3n) is 10.1. The molecule has 1 saturated heterocycles. The van der Waals surface area contributed by atoms with Crippen molar-refractivity contribution < 1.29 is 14.3 Å². The Morgan fingerprint density at radius 2 is 1.80 bits per heavy atom. The lowest BCUT2D eigenvalue weighted by molar-refractivity contribution is 0.0470. The van der Waals surface area contributed by atoms with Crippen LogP contribution < -0.4 is 10.2 Å². The van der Waals surface area contributed by atoms with Crippen molar-refractivity contribution in [3.8, 4) is 11.8 Å². The molecule has 54 heavy (non-hydrogen) atoms. The van der Waals surface area contributed by atoms with Gasteiger partial charge in [0.15, 0.2) is 5.65 Å². The van der Waals surface area contributed by atoms with E-state index in [0.717, 1.165) is 59.8 Å². The highest BCUT2D eigenvalue weighted by molar-refractivity contribution is 6.11. The van der Waals surface area contributed by atoms with E-state index in [2.05, 4.69) is 69.2 Å². The Bertz CT molecular complexity index is 2360. The summed E-state index contributed by atoms with van der Waals surface area (Å²) in [6.07, 6.45) is 8.36. The summed E-state index contributed by atoms with van der Waals surface area (Å²) in [6.45, 7) is 6.97. The molecule has 274 valence electrons. The van der Waals surface area contributed by atoms with E-state index in [1.54, 1.807) is 24.5 Å². The van der Waals surface area contributed by atoms with Crippen LogP contribution in [-0.2, 0) is 17.9 Å². The highest BCUT2D eigenvalue weighted by Gasteiger charge is 2.25. The number of aryl methyl sites for hydroxylation is 2. The number of esters is 1. The van der Waals surface area contributed by atoms with Crippen molar-refractivity contribution in [3.05, 3.63) is 142 Å². The Morgan fingerprint density at radius 3 is 2.54 bits per heavy atom. The molecule has 4 heterocycles. The van der Waals surface area contributed by atoms with Gasteiger partial charge in [-0.05, 0) is 98.9 Å². The smallest absolute Gasteiger partial charge is 0.339 e. The van der Waals surface area contributed by atoms with Crippen LogP contribution in [0.4, 0.5) is 17.1 Å². The topological polar surface area (TPSA) is 111 Å². The summed E-state index contributed by atoms with van der Waals surface area (Å²) in [4.78, 5) is 39.1. The first-order valence-corrected chi connectivity index (χ1v) is 18.0. The Kier molecular flexibility index (Phi) is 10.6. The molecule has 1 unspecified atom stereocenters. The van der Waals surface area contributed by atoms with E-state index in [1.807, 2.05) is 90.3 Å². The summed E-state index contributed by atoms with van der Waals surface area (Å²) in [5, 5.41) is 9.95. The average Bonchev–Trinajstić information content (AvgIpc) is 3.97. The number of carbonyl (C=O) groups is 2. The lowest BCUT2D eigenvalue weighted by Crippen LogP contribution is -2.31. The van der Waals surface area contributed by atoms with Gasteiger partial charge in [0.2, 0.25) is 0 Å². The van der Waals surface area contributed by atoms with Crippen molar-refractivity contribution >= 4 is 34.6 Å². The van der Waals surface area contributed by atoms with Crippen molar-refractivity contribution in [2.24, 2.45) is 0 Å². The molecule has 7 rings (SSSR count). The number of ether oxygens (including phenoxy) is 1. The highest BCUT2D eigenvalue weighted by Crippen LogP contribution is 2.27. The molecule has 0 saturated carbocycles. The summed E-state index contributed by atoms with van der Waals surface area (Å²) in [6, 6.07) is 23.3. The number of pyridine rings is 1. The van der Waals surface area contributed by atoms with Crippen molar-refractivity contribution in [2.45, 2.75) is 39.5 Å². The van der Waals surface area contributed by atoms with Gasteiger partial charge in [-0.25, -0.2) is 9.78 Å². The molecule has 1 atom stereocenters. The number of likely N-dealkylation sites (N-methyl/N-ethyl adjacent to an activating group) is 1. The first-order valence-electron chi connectivity index (χ1n) is 18.0. The highest BCUT2D eigenvalue weighted by atomic mass is 16.5. The summed E-state index contributed by atoms with van der Waals surface area (Å²) >= 11 is 0. The number of fused-ring (bicyclic) bond motifs is 1. The second kappa shape index (κ2) is 15.8. The number of imidazole rings is 1. The lowest BCUT2D eigenvalue weighted by Gasteiger charge is -2.21. The van der Waals surface area contributed by atoms with E-state index in [0.29, 0.717) is 23.0 Å². The third kappa shape index (κ3) is 7.90. The summed E-state index contributed by atoms with van der Waals surface area (Å²) in [5.41, 5.74) is 8.69. The Hall–Kier alpha value is -6.22. The molecule has 0 bridgehead atoms. The van der Waals surface area contributed by atoms with Crippen molar-refractivity contribution in [1.29, 1.82) is 0 Å². The summed E-state index contributed by atoms with van der Waals surface area (Å²) < 4.78 is 7.63. The second-order valence-corrected chi connectivity index (χ2v) is 14.0. The molecule has 3 aromatic heterocycles. The van der Waals surface area contributed by atoms with Crippen LogP contribution in [0.15, 0.2) is 97.6 Å². The number of anilines is 3. The molecule has 1 amide bonds. The fourth-order valence-electron chi connectivity index (χ4n) is 6.82. The number of aromatic amines is 1. The van der Waals surface area contributed by atoms with Crippen LogP contribution >= 0.6 is 0 Å². The predicted molar refractivity (Wildman–Crippen MR) is 211 cm³/mol. The van der Waals surface area contributed by atoms with Gasteiger partial charge in [0.1, 0.15) is 12.3 Å². The third-order valence-corrected chi connectivity index (χ3v) is 10.1. The SMILES string of the molecule is Cc1cc(C(=O)OCc2ccccc2)c(C(=O)Nc2ccc(CN3CCC(N(C)C)C3)c(C)c2)cc1C#Cc1cnc2c(N(C)c3cn[nH]c3)cccn12. The number of benzene rings is 3.